The van der Waals surface area contributed by atoms with Gasteiger partial charge in [0.15, 0.2) is 0 Å². The van der Waals surface area contributed by atoms with Crippen molar-refractivity contribution in [2.24, 2.45) is 5.41 Å². The minimum atomic E-state index is -0.578. The Kier molecular flexibility index (Phi) is 9.71. The summed E-state index contributed by atoms with van der Waals surface area (Å²) in [6, 6.07) is 0. The molecule has 0 aliphatic heterocycles. The summed E-state index contributed by atoms with van der Waals surface area (Å²) in [5, 5.41) is 7.85. The second kappa shape index (κ2) is 10.1. The minimum absolute atomic E-state index is 0.155. The maximum Gasteiger partial charge on any atom is 0.234 e. The van der Waals surface area contributed by atoms with Crippen molar-refractivity contribution >= 4 is 52.5 Å². The van der Waals surface area contributed by atoms with E-state index in [-0.39, 0.29) is 55.0 Å². The highest BCUT2D eigenvalue weighted by Crippen LogP contribution is 2.12. The molecule has 3 N–H and O–H groups in total. The summed E-state index contributed by atoms with van der Waals surface area (Å²) in [6.07, 6.45) is 0. The lowest BCUT2D eigenvalue weighted by Gasteiger charge is -2.30. The van der Waals surface area contributed by atoms with Gasteiger partial charge in [-0.1, -0.05) is 6.92 Å². The maximum absolute atomic E-state index is 11.2. The Hall–Kier alpha value is -0.720. The Morgan fingerprint density at radius 3 is 1.20 bits per heavy atom. The van der Waals surface area contributed by atoms with E-state index in [2.05, 4.69) is 16.0 Å². The van der Waals surface area contributed by atoms with Crippen LogP contribution in [0.25, 0.3) is 0 Å². The third-order valence-electron chi connectivity index (χ3n) is 2.50. The highest BCUT2D eigenvalue weighted by Gasteiger charge is 2.26. The quantitative estimate of drug-likeness (QED) is 0.516. The molecule has 0 aromatic carbocycles. The number of hydrogen-bond donors (Lipinski definition) is 3. The van der Waals surface area contributed by atoms with Gasteiger partial charge in [-0.3, -0.25) is 14.4 Å². The van der Waals surface area contributed by atoms with Crippen molar-refractivity contribution in [3.8, 4) is 0 Å². The molecule has 20 heavy (non-hydrogen) atoms. The summed E-state index contributed by atoms with van der Waals surface area (Å²) >= 11 is 16.2. The van der Waals surface area contributed by atoms with Crippen molar-refractivity contribution in [3.63, 3.8) is 0 Å². The second-order valence-electron chi connectivity index (χ2n) is 4.54. The first kappa shape index (κ1) is 19.3. The van der Waals surface area contributed by atoms with Crippen molar-refractivity contribution in [2.45, 2.75) is 6.92 Å². The number of nitrogens with one attached hydrogen (secondary N) is 3. The van der Waals surface area contributed by atoms with E-state index in [0.29, 0.717) is 0 Å². The zero-order valence-corrected chi connectivity index (χ0v) is 13.4. The first-order valence-corrected chi connectivity index (χ1v) is 7.45. The lowest BCUT2D eigenvalue weighted by molar-refractivity contribution is -0.119. The number of carbonyl (C=O) groups excluding carboxylic acids is 3. The molecular formula is C11H18Cl3N3O3. The van der Waals surface area contributed by atoms with Gasteiger partial charge in [0.25, 0.3) is 0 Å². The topological polar surface area (TPSA) is 87.3 Å². The summed E-state index contributed by atoms with van der Waals surface area (Å²) in [7, 11) is 0. The number of hydrogen-bond acceptors (Lipinski definition) is 3. The van der Waals surface area contributed by atoms with Crippen molar-refractivity contribution in [3.05, 3.63) is 0 Å². The molecule has 3 amide bonds. The number of rotatable bonds is 9. The van der Waals surface area contributed by atoms with Crippen molar-refractivity contribution in [1.29, 1.82) is 0 Å². The van der Waals surface area contributed by atoms with Gasteiger partial charge in [-0.05, 0) is 0 Å². The van der Waals surface area contributed by atoms with Crippen LogP contribution in [0.1, 0.15) is 6.92 Å². The third-order valence-corrected chi connectivity index (χ3v) is 3.23. The van der Waals surface area contributed by atoms with Gasteiger partial charge < -0.3 is 16.0 Å². The Morgan fingerprint density at radius 2 is 1.00 bits per heavy atom. The molecule has 0 aromatic heterocycles. The molecule has 0 aliphatic carbocycles. The van der Waals surface area contributed by atoms with Crippen molar-refractivity contribution in [1.82, 2.24) is 16.0 Å². The minimum Gasteiger partial charge on any atom is -0.354 e. The monoisotopic (exact) mass is 345 g/mol. The van der Waals surface area contributed by atoms with Crippen LogP contribution in [-0.2, 0) is 14.4 Å². The van der Waals surface area contributed by atoms with Crippen LogP contribution in [0.3, 0.4) is 0 Å². The molecule has 0 aromatic rings. The first-order valence-electron chi connectivity index (χ1n) is 5.85. The molecule has 9 heteroatoms. The molecular weight excluding hydrogens is 328 g/mol. The number of halogens is 3. The Balaban J connectivity index is 4.51. The summed E-state index contributed by atoms with van der Waals surface area (Å²) in [4.78, 5) is 33.6. The number of alkyl halides is 3. The average molecular weight is 347 g/mol. The van der Waals surface area contributed by atoms with E-state index < -0.39 is 5.41 Å². The van der Waals surface area contributed by atoms with E-state index >= 15 is 0 Å². The average Bonchev–Trinajstić information content (AvgIpc) is 2.47. The summed E-state index contributed by atoms with van der Waals surface area (Å²) in [5.74, 6) is -1.45. The van der Waals surface area contributed by atoms with E-state index in [9.17, 15) is 14.4 Å². The smallest absolute Gasteiger partial charge is 0.234 e. The van der Waals surface area contributed by atoms with Crippen molar-refractivity contribution < 1.29 is 14.4 Å². The molecule has 0 bridgehead atoms. The molecule has 0 saturated heterocycles. The fraction of sp³-hybridized carbons (Fsp3) is 0.727. The first-order chi connectivity index (χ1) is 9.36. The van der Waals surface area contributed by atoms with Crippen LogP contribution in [0.2, 0.25) is 0 Å². The normalized spacial score (nSPS) is 10.8. The molecule has 0 unspecified atom stereocenters. The molecule has 0 saturated carbocycles. The van der Waals surface area contributed by atoms with Gasteiger partial charge in [-0.25, -0.2) is 0 Å². The molecule has 0 spiro atoms. The van der Waals surface area contributed by atoms with E-state index in [1.807, 2.05) is 0 Å². The summed E-state index contributed by atoms with van der Waals surface area (Å²) in [6.45, 7) is 2.52. The van der Waals surface area contributed by atoms with Crippen LogP contribution in [0, 0.1) is 5.41 Å². The Morgan fingerprint density at radius 1 is 0.750 bits per heavy atom. The van der Waals surface area contributed by atoms with Gasteiger partial charge in [0.1, 0.15) is 17.6 Å². The number of carbonyl (C=O) groups is 3. The highest BCUT2D eigenvalue weighted by molar-refractivity contribution is 6.27. The van der Waals surface area contributed by atoms with Gasteiger partial charge in [0.05, 0.1) is 0 Å². The second-order valence-corrected chi connectivity index (χ2v) is 5.34. The van der Waals surface area contributed by atoms with Crippen LogP contribution in [0.15, 0.2) is 0 Å². The Bertz CT molecular complexity index is 303. The van der Waals surface area contributed by atoms with E-state index in [1.54, 1.807) is 6.92 Å². The van der Waals surface area contributed by atoms with E-state index in [4.69, 9.17) is 34.8 Å². The zero-order valence-electron chi connectivity index (χ0n) is 11.1. The van der Waals surface area contributed by atoms with Gasteiger partial charge in [-0.2, -0.15) is 0 Å². The highest BCUT2D eigenvalue weighted by atomic mass is 35.5. The Labute approximate surface area is 132 Å². The lowest BCUT2D eigenvalue weighted by Crippen LogP contribution is -2.50. The maximum atomic E-state index is 11.2. The molecule has 0 heterocycles. The van der Waals surface area contributed by atoms with Gasteiger partial charge >= 0.3 is 0 Å². The van der Waals surface area contributed by atoms with E-state index in [0.717, 1.165) is 0 Å². The SMILES string of the molecule is CC(CNC(=O)CCl)(CNC(=O)CCl)CNC(=O)CCl. The lowest BCUT2D eigenvalue weighted by atomic mass is 9.90. The predicted octanol–water partition coefficient (Wildman–Crippen LogP) is 0.0577. The molecule has 0 rings (SSSR count). The predicted molar refractivity (Wildman–Crippen MR) is 79.3 cm³/mol. The fourth-order valence-corrected chi connectivity index (χ4v) is 1.55. The standard InChI is InChI=1S/C11H18Cl3N3O3/c1-11(5-15-8(18)2-12,6-16-9(19)3-13)7-17-10(20)4-14/h2-7H2,1H3,(H,15,18)(H,16,19)(H,17,20). The van der Waals surface area contributed by atoms with E-state index in [1.165, 1.54) is 0 Å². The molecule has 6 nitrogen and oxygen atoms in total. The summed E-state index contributed by atoms with van der Waals surface area (Å²) < 4.78 is 0. The molecule has 0 atom stereocenters. The summed E-state index contributed by atoms with van der Waals surface area (Å²) in [5.41, 5.74) is -0.578. The fourth-order valence-electron chi connectivity index (χ4n) is 1.27. The van der Waals surface area contributed by atoms with Crippen molar-refractivity contribution in [2.75, 3.05) is 37.3 Å². The number of amides is 3. The molecule has 0 aliphatic rings. The largest absolute Gasteiger partial charge is 0.354 e. The van der Waals surface area contributed by atoms with Gasteiger partial charge in [-0.15, -0.1) is 34.8 Å². The van der Waals surface area contributed by atoms with Crippen LogP contribution < -0.4 is 16.0 Å². The third kappa shape index (κ3) is 8.45. The molecule has 0 radical (unpaired) electrons. The molecule has 0 fully saturated rings. The van der Waals surface area contributed by atoms with Crippen LogP contribution in [0.5, 0.6) is 0 Å². The van der Waals surface area contributed by atoms with Gasteiger partial charge in [0.2, 0.25) is 17.7 Å². The van der Waals surface area contributed by atoms with Crippen LogP contribution in [-0.4, -0.2) is 55.0 Å². The van der Waals surface area contributed by atoms with Crippen LogP contribution >= 0.6 is 34.8 Å². The van der Waals surface area contributed by atoms with Gasteiger partial charge in [0, 0.05) is 25.0 Å². The molecule has 116 valence electrons. The zero-order chi connectivity index (χ0) is 15.6. The van der Waals surface area contributed by atoms with Crippen LogP contribution in [0.4, 0.5) is 0 Å².